The first-order valence-electron chi connectivity index (χ1n) is 12.0. The Labute approximate surface area is 183 Å². The highest BCUT2D eigenvalue weighted by atomic mass is 16.3. The fraction of sp³-hybridized carbons (Fsp3) is 0.680. The molecule has 1 aromatic rings. The molecule has 1 aromatic carbocycles. The van der Waals surface area contributed by atoms with Crippen LogP contribution in [0, 0.1) is 0 Å². The second kappa shape index (κ2) is 16.9. The Morgan fingerprint density at radius 3 is 1.57 bits per heavy atom. The van der Waals surface area contributed by atoms with Crippen molar-refractivity contribution < 1.29 is 14.7 Å². The molecule has 0 bridgehead atoms. The van der Waals surface area contributed by atoms with Gasteiger partial charge in [0.25, 0.3) is 5.91 Å². The van der Waals surface area contributed by atoms with Crippen LogP contribution in [0.15, 0.2) is 24.3 Å². The number of imide groups is 1. The van der Waals surface area contributed by atoms with Crippen molar-refractivity contribution >= 4 is 11.8 Å². The number of amides is 2. The number of hydrogen-bond acceptors (Lipinski definition) is 4. The minimum Gasteiger partial charge on any atom is -0.508 e. The normalized spacial score (nSPS) is 10.9. The van der Waals surface area contributed by atoms with Crippen LogP contribution >= 0.6 is 0 Å². The van der Waals surface area contributed by atoms with Gasteiger partial charge in [0.1, 0.15) is 5.75 Å². The zero-order chi connectivity index (χ0) is 22.0. The maximum Gasteiger partial charge on any atom is 0.274 e. The number of rotatable bonds is 17. The SMILES string of the molecule is CCCCCCCCCCCCCCCCCC(=O)N(N)C(=O)c1ccc(O)cc1. The summed E-state index contributed by atoms with van der Waals surface area (Å²) in [6.45, 7) is 2.26. The van der Waals surface area contributed by atoms with Crippen LogP contribution in [0.4, 0.5) is 0 Å². The van der Waals surface area contributed by atoms with Crippen LogP contribution in [0.1, 0.15) is 120 Å². The quantitative estimate of drug-likeness (QED) is 0.131. The van der Waals surface area contributed by atoms with E-state index in [0.717, 1.165) is 19.3 Å². The number of hydrogen-bond donors (Lipinski definition) is 2. The average molecular weight is 419 g/mol. The second-order valence-corrected chi connectivity index (χ2v) is 8.32. The van der Waals surface area contributed by atoms with E-state index in [0.29, 0.717) is 17.0 Å². The van der Waals surface area contributed by atoms with Crippen LogP contribution in [-0.2, 0) is 4.79 Å². The van der Waals surface area contributed by atoms with Crippen molar-refractivity contribution in [3.63, 3.8) is 0 Å². The van der Waals surface area contributed by atoms with E-state index in [2.05, 4.69) is 6.92 Å². The standard InChI is InChI=1S/C25H42N2O3/c1-2-3-4-5-6-7-8-9-10-11-12-13-14-15-16-17-24(29)27(26)25(30)22-18-20-23(28)21-19-22/h18-21,28H,2-17,26H2,1H3. The molecule has 0 spiro atoms. The average Bonchev–Trinajstić information content (AvgIpc) is 2.75. The lowest BCUT2D eigenvalue weighted by molar-refractivity contribution is -0.129. The molecule has 0 saturated heterocycles. The molecule has 0 fully saturated rings. The summed E-state index contributed by atoms with van der Waals surface area (Å²) in [7, 11) is 0. The molecule has 5 heteroatoms. The molecular formula is C25H42N2O3. The number of phenols is 1. The monoisotopic (exact) mass is 418 g/mol. The fourth-order valence-corrected chi connectivity index (χ4v) is 3.62. The van der Waals surface area contributed by atoms with Crippen LogP contribution in [0.2, 0.25) is 0 Å². The molecule has 0 heterocycles. The zero-order valence-electron chi connectivity index (χ0n) is 18.9. The second-order valence-electron chi connectivity index (χ2n) is 8.32. The fourth-order valence-electron chi connectivity index (χ4n) is 3.62. The number of nitrogens with two attached hydrogens (primary N) is 1. The molecule has 2 amide bonds. The predicted molar refractivity (Wildman–Crippen MR) is 123 cm³/mol. The number of benzene rings is 1. The Hall–Kier alpha value is -1.88. The van der Waals surface area contributed by atoms with Crippen LogP contribution < -0.4 is 5.84 Å². The molecule has 170 valence electrons. The Morgan fingerprint density at radius 2 is 1.13 bits per heavy atom. The first kappa shape index (κ1) is 26.2. The van der Waals surface area contributed by atoms with Crippen molar-refractivity contribution in [1.82, 2.24) is 5.01 Å². The van der Waals surface area contributed by atoms with Crippen molar-refractivity contribution in [1.29, 1.82) is 0 Å². The molecule has 1 rings (SSSR count). The molecule has 5 nitrogen and oxygen atoms in total. The molecular weight excluding hydrogens is 376 g/mol. The van der Waals surface area contributed by atoms with Gasteiger partial charge in [-0.1, -0.05) is 96.8 Å². The number of aromatic hydroxyl groups is 1. The maximum atomic E-state index is 12.2. The largest absolute Gasteiger partial charge is 0.508 e. The van der Waals surface area contributed by atoms with E-state index in [1.54, 1.807) is 0 Å². The van der Waals surface area contributed by atoms with E-state index >= 15 is 0 Å². The summed E-state index contributed by atoms with van der Waals surface area (Å²) in [6, 6.07) is 5.72. The first-order chi connectivity index (χ1) is 14.6. The Balaban J connectivity index is 1.95. The molecule has 0 unspecified atom stereocenters. The number of nitrogens with zero attached hydrogens (tertiary/aromatic N) is 1. The van der Waals surface area contributed by atoms with Gasteiger partial charge in [-0.2, -0.15) is 0 Å². The highest BCUT2D eigenvalue weighted by molar-refractivity contribution is 6.04. The number of unbranched alkanes of at least 4 members (excludes halogenated alkanes) is 14. The van der Waals surface area contributed by atoms with Gasteiger partial charge in [0.05, 0.1) is 0 Å². The van der Waals surface area contributed by atoms with Crippen LogP contribution in [0.5, 0.6) is 5.75 Å². The minimum atomic E-state index is -0.541. The van der Waals surface area contributed by atoms with Gasteiger partial charge >= 0.3 is 0 Å². The molecule has 0 aromatic heterocycles. The third kappa shape index (κ3) is 12.0. The Bertz CT molecular complexity index is 587. The van der Waals surface area contributed by atoms with Crippen LogP contribution in [0.25, 0.3) is 0 Å². The van der Waals surface area contributed by atoms with Gasteiger partial charge in [0.15, 0.2) is 0 Å². The highest BCUT2D eigenvalue weighted by Gasteiger charge is 2.18. The molecule has 0 aliphatic carbocycles. The van der Waals surface area contributed by atoms with Crippen molar-refractivity contribution in [3.05, 3.63) is 29.8 Å². The summed E-state index contributed by atoms with van der Waals surface area (Å²) in [6.07, 6.45) is 19.4. The topological polar surface area (TPSA) is 83.6 Å². The summed E-state index contributed by atoms with van der Waals surface area (Å²) < 4.78 is 0. The van der Waals surface area contributed by atoms with E-state index in [1.165, 1.54) is 101 Å². The third-order valence-electron chi connectivity index (χ3n) is 5.60. The molecule has 0 aliphatic rings. The van der Waals surface area contributed by atoms with E-state index in [9.17, 15) is 14.7 Å². The third-order valence-corrected chi connectivity index (χ3v) is 5.60. The highest BCUT2D eigenvalue weighted by Crippen LogP contribution is 2.15. The van der Waals surface area contributed by atoms with Gasteiger partial charge in [0, 0.05) is 12.0 Å². The summed E-state index contributed by atoms with van der Waals surface area (Å²) in [5.41, 5.74) is 0.292. The summed E-state index contributed by atoms with van der Waals surface area (Å²) >= 11 is 0. The van der Waals surface area contributed by atoms with Crippen LogP contribution in [-0.4, -0.2) is 21.9 Å². The van der Waals surface area contributed by atoms with Crippen molar-refractivity contribution in [3.8, 4) is 5.75 Å². The molecule has 30 heavy (non-hydrogen) atoms. The molecule has 0 saturated carbocycles. The zero-order valence-corrected chi connectivity index (χ0v) is 18.9. The summed E-state index contributed by atoms with van der Waals surface area (Å²) in [5.74, 6) is 4.83. The van der Waals surface area contributed by atoms with Gasteiger partial charge in [-0.25, -0.2) is 10.9 Å². The Kier molecular flexibility index (Phi) is 14.7. The van der Waals surface area contributed by atoms with Gasteiger partial charge < -0.3 is 5.11 Å². The Morgan fingerprint density at radius 1 is 0.733 bits per heavy atom. The lowest BCUT2D eigenvalue weighted by atomic mass is 10.0. The molecule has 0 radical (unpaired) electrons. The lowest BCUT2D eigenvalue weighted by Crippen LogP contribution is -2.42. The van der Waals surface area contributed by atoms with E-state index in [4.69, 9.17) is 5.84 Å². The van der Waals surface area contributed by atoms with Gasteiger partial charge in [-0.05, 0) is 30.7 Å². The van der Waals surface area contributed by atoms with Crippen molar-refractivity contribution in [2.45, 2.75) is 110 Å². The molecule has 0 aliphatic heterocycles. The van der Waals surface area contributed by atoms with Crippen LogP contribution in [0.3, 0.4) is 0 Å². The smallest absolute Gasteiger partial charge is 0.274 e. The predicted octanol–water partition coefficient (Wildman–Crippen LogP) is 6.50. The van der Waals surface area contributed by atoms with E-state index in [1.807, 2.05) is 0 Å². The number of phenolic OH excluding ortho intramolecular Hbond substituents is 1. The minimum absolute atomic E-state index is 0.0688. The molecule has 0 atom stereocenters. The summed E-state index contributed by atoms with van der Waals surface area (Å²) in [4.78, 5) is 24.2. The summed E-state index contributed by atoms with van der Waals surface area (Å²) in [5, 5.41) is 9.96. The first-order valence-corrected chi connectivity index (χ1v) is 12.0. The lowest BCUT2D eigenvalue weighted by Gasteiger charge is -2.14. The number of carbonyl (C=O) groups is 2. The van der Waals surface area contributed by atoms with E-state index in [-0.39, 0.29) is 11.7 Å². The van der Waals surface area contributed by atoms with Crippen molar-refractivity contribution in [2.75, 3.05) is 0 Å². The molecule has 3 N–H and O–H groups in total. The number of carbonyl (C=O) groups excluding carboxylic acids is 2. The van der Waals surface area contributed by atoms with E-state index < -0.39 is 5.91 Å². The van der Waals surface area contributed by atoms with Crippen molar-refractivity contribution in [2.24, 2.45) is 5.84 Å². The van der Waals surface area contributed by atoms with Gasteiger partial charge in [-0.15, -0.1) is 0 Å². The number of hydrazine groups is 1. The maximum absolute atomic E-state index is 12.2. The van der Waals surface area contributed by atoms with Gasteiger partial charge in [-0.3, -0.25) is 9.59 Å². The van der Waals surface area contributed by atoms with Gasteiger partial charge in [0.2, 0.25) is 5.91 Å².